The van der Waals surface area contributed by atoms with Crippen molar-refractivity contribution in [2.45, 2.75) is 33.2 Å². The molecule has 2 aromatic heterocycles. The predicted molar refractivity (Wildman–Crippen MR) is 105 cm³/mol. The molecule has 0 aliphatic carbocycles. The van der Waals surface area contributed by atoms with Crippen LogP contribution < -0.4 is 0 Å². The topological polar surface area (TPSA) is 69.4 Å². The van der Waals surface area contributed by atoms with Gasteiger partial charge in [0.15, 0.2) is 5.82 Å². The molecule has 0 amide bonds. The van der Waals surface area contributed by atoms with Crippen LogP contribution in [0.1, 0.15) is 45.7 Å². The van der Waals surface area contributed by atoms with Crippen LogP contribution in [0.5, 0.6) is 0 Å². The van der Waals surface area contributed by atoms with Gasteiger partial charge >= 0.3 is 5.97 Å². The van der Waals surface area contributed by atoms with E-state index in [0.717, 1.165) is 27.7 Å². The van der Waals surface area contributed by atoms with Gasteiger partial charge in [-0.05, 0) is 26.3 Å². The number of thiophene rings is 1. The summed E-state index contributed by atoms with van der Waals surface area (Å²) in [6.07, 6.45) is 0.123. The van der Waals surface area contributed by atoms with E-state index in [1.165, 1.54) is 17.6 Å². The van der Waals surface area contributed by atoms with Crippen molar-refractivity contribution in [3.05, 3.63) is 63.5 Å². The molecular weight excluding hydrogens is 360 g/mol. The summed E-state index contributed by atoms with van der Waals surface area (Å²) in [6, 6.07) is 9.62. The van der Waals surface area contributed by atoms with Gasteiger partial charge in [-0.1, -0.05) is 30.3 Å². The van der Waals surface area contributed by atoms with Gasteiger partial charge in [0.1, 0.15) is 16.9 Å². The SMILES string of the molecule is COC(=O)C[C@@H]1N=C(c2ccccc2)c2c(sc(C)c2C)-n2c(C)nnc21. The lowest BCUT2D eigenvalue weighted by Crippen LogP contribution is -2.12. The molecule has 138 valence electrons. The lowest BCUT2D eigenvalue weighted by atomic mass is 10.00. The number of esters is 1. The molecular formula is C20H20N4O2S. The van der Waals surface area contributed by atoms with Gasteiger partial charge in [0, 0.05) is 16.0 Å². The lowest BCUT2D eigenvalue weighted by Gasteiger charge is -2.11. The van der Waals surface area contributed by atoms with Crippen molar-refractivity contribution in [2.75, 3.05) is 7.11 Å². The van der Waals surface area contributed by atoms with Gasteiger partial charge in [-0.25, -0.2) is 0 Å². The number of rotatable bonds is 3. The highest BCUT2D eigenvalue weighted by Crippen LogP contribution is 2.39. The highest BCUT2D eigenvalue weighted by Gasteiger charge is 2.32. The van der Waals surface area contributed by atoms with Crippen LogP contribution in [0.15, 0.2) is 35.3 Å². The van der Waals surface area contributed by atoms with Crippen LogP contribution in [-0.4, -0.2) is 33.6 Å². The lowest BCUT2D eigenvalue weighted by molar-refractivity contribution is -0.141. The minimum Gasteiger partial charge on any atom is -0.469 e. The second-order valence-electron chi connectivity index (χ2n) is 6.54. The van der Waals surface area contributed by atoms with Gasteiger partial charge in [0.25, 0.3) is 0 Å². The number of fused-ring (bicyclic) bond motifs is 3. The van der Waals surface area contributed by atoms with Gasteiger partial charge in [-0.3, -0.25) is 14.4 Å². The van der Waals surface area contributed by atoms with E-state index >= 15 is 0 Å². The van der Waals surface area contributed by atoms with Gasteiger partial charge in [0.2, 0.25) is 0 Å². The summed E-state index contributed by atoms with van der Waals surface area (Å²) in [5, 5.41) is 9.67. The Bertz CT molecular complexity index is 1050. The molecule has 0 saturated heterocycles. The van der Waals surface area contributed by atoms with E-state index in [0.29, 0.717) is 5.82 Å². The Hall–Kier alpha value is -2.80. The monoisotopic (exact) mass is 380 g/mol. The summed E-state index contributed by atoms with van der Waals surface area (Å²) in [5.74, 6) is 1.14. The van der Waals surface area contributed by atoms with Crippen LogP contribution in [0.4, 0.5) is 0 Å². The maximum atomic E-state index is 12.0. The van der Waals surface area contributed by atoms with E-state index in [-0.39, 0.29) is 12.4 Å². The average molecular weight is 380 g/mol. The minimum atomic E-state index is -0.451. The average Bonchev–Trinajstić information content (AvgIpc) is 3.15. The standard InChI is InChI=1S/C20H20N4O2S/c1-11-12(2)27-20-17(11)18(14-8-6-5-7-9-14)21-15(10-16(25)26-4)19-23-22-13(3)24(19)20/h5-9,15H,10H2,1-4H3/t15-/m0/s1. The second-order valence-corrected chi connectivity index (χ2v) is 7.75. The third-order valence-electron chi connectivity index (χ3n) is 4.87. The zero-order chi connectivity index (χ0) is 19.1. The van der Waals surface area contributed by atoms with Crippen molar-refractivity contribution in [1.82, 2.24) is 14.8 Å². The van der Waals surface area contributed by atoms with Crippen molar-refractivity contribution in [3.63, 3.8) is 0 Å². The number of hydrogen-bond donors (Lipinski definition) is 0. The summed E-state index contributed by atoms with van der Waals surface area (Å²) in [7, 11) is 1.39. The molecule has 0 N–H and O–H groups in total. The Kier molecular flexibility index (Phi) is 4.39. The summed E-state index contributed by atoms with van der Waals surface area (Å²) < 4.78 is 6.93. The number of methoxy groups -OCH3 is 1. The van der Waals surface area contributed by atoms with Crippen molar-refractivity contribution in [3.8, 4) is 5.00 Å². The molecule has 4 rings (SSSR count). The molecule has 3 aromatic rings. The first kappa shape index (κ1) is 17.6. The molecule has 0 spiro atoms. The van der Waals surface area contributed by atoms with Crippen LogP contribution in [0, 0.1) is 20.8 Å². The number of ether oxygens (including phenoxy) is 1. The molecule has 1 atom stereocenters. The summed E-state index contributed by atoms with van der Waals surface area (Å²) in [5.41, 5.74) is 4.17. The van der Waals surface area contributed by atoms with E-state index < -0.39 is 6.04 Å². The Balaban J connectivity index is 2.02. The maximum Gasteiger partial charge on any atom is 0.308 e. The molecule has 0 unspecified atom stereocenters. The number of benzene rings is 1. The number of carbonyl (C=O) groups is 1. The van der Waals surface area contributed by atoms with E-state index in [2.05, 4.69) is 24.0 Å². The Morgan fingerprint density at radius 3 is 2.63 bits per heavy atom. The fourth-order valence-electron chi connectivity index (χ4n) is 3.36. The van der Waals surface area contributed by atoms with Gasteiger partial charge in [0.05, 0.1) is 19.2 Å². The number of aliphatic imine (C=N–C) groups is 1. The van der Waals surface area contributed by atoms with Crippen molar-refractivity contribution < 1.29 is 9.53 Å². The van der Waals surface area contributed by atoms with E-state index in [4.69, 9.17) is 9.73 Å². The highest BCUT2D eigenvalue weighted by atomic mass is 32.1. The Morgan fingerprint density at radius 1 is 1.19 bits per heavy atom. The summed E-state index contributed by atoms with van der Waals surface area (Å²) >= 11 is 1.70. The van der Waals surface area contributed by atoms with Crippen molar-refractivity contribution >= 4 is 23.0 Å². The van der Waals surface area contributed by atoms with Gasteiger partial charge in [-0.15, -0.1) is 21.5 Å². The first-order valence-electron chi connectivity index (χ1n) is 8.74. The number of carbonyl (C=O) groups excluding carboxylic acids is 1. The molecule has 0 saturated carbocycles. The number of hydrogen-bond acceptors (Lipinski definition) is 6. The van der Waals surface area contributed by atoms with Crippen LogP contribution in [0.25, 0.3) is 5.00 Å². The van der Waals surface area contributed by atoms with Crippen LogP contribution >= 0.6 is 11.3 Å². The Labute approximate surface area is 161 Å². The van der Waals surface area contributed by atoms with E-state index in [1.54, 1.807) is 11.3 Å². The van der Waals surface area contributed by atoms with Crippen LogP contribution in [0.3, 0.4) is 0 Å². The van der Waals surface area contributed by atoms with Gasteiger partial charge < -0.3 is 4.74 Å². The first-order chi connectivity index (χ1) is 13.0. The van der Waals surface area contributed by atoms with Crippen LogP contribution in [0.2, 0.25) is 0 Å². The third-order valence-corrected chi connectivity index (χ3v) is 6.07. The van der Waals surface area contributed by atoms with E-state index in [9.17, 15) is 4.79 Å². The maximum absolute atomic E-state index is 12.0. The zero-order valence-electron chi connectivity index (χ0n) is 15.7. The molecule has 0 fully saturated rings. The molecule has 27 heavy (non-hydrogen) atoms. The summed E-state index contributed by atoms with van der Waals surface area (Å²) in [4.78, 5) is 18.3. The Morgan fingerprint density at radius 2 is 1.93 bits per heavy atom. The summed E-state index contributed by atoms with van der Waals surface area (Å²) in [6.45, 7) is 6.15. The molecule has 0 radical (unpaired) electrons. The molecule has 0 bridgehead atoms. The smallest absolute Gasteiger partial charge is 0.308 e. The largest absolute Gasteiger partial charge is 0.469 e. The highest BCUT2D eigenvalue weighted by molar-refractivity contribution is 7.15. The number of nitrogens with zero attached hydrogens (tertiary/aromatic N) is 4. The van der Waals surface area contributed by atoms with Gasteiger partial charge in [-0.2, -0.15) is 0 Å². The number of aryl methyl sites for hydroxylation is 2. The number of aromatic nitrogens is 3. The first-order valence-corrected chi connectivity index (χ1v) is 9.55. The molecule has 3 heterocycles. The molecule has 7 heteroatoms. The molecule has 1 aliphatic heterocycles. The van der Waals surface area contributed by atoms with Crippen LogP contribution in [-0.2, 0) is 9.53 Å². The fraction of sp³-hybridized carbons (Fsp3) is 0.300. The van der Waals surface area contributed by atoms with E-state index in [1.807, 2.05) is 41.8 Å². The second kappa shape index (κ2) is 6.74. The van der Waals surface area contributed by atoms with Crippen molar-refractivity contribution in [2.24, 2.45) is 4.99 Å². The molecule has 6 nitrogen and oxygen atoms in total. The quantitative estimate of drug-likeness (QED) is 0.650. The minimum absolute atomic E-state index is 0.123. The predicted octanol–water partition coefficient (Wildman–Crippen LogP) is 3.71. The fourth-order valence-corrected chi connectivity index (χ4v) is 4.58. The third kappa shape index (κ3) is 2.88. The zero-order valence-corrected chi connectivity index (χ0v) is 16.5. The van der Waals surface area contributed by atoms with Crippen molar-refractivity contribution in [1.29, 1.82) is 0 Å². The molecule has 1 aliphatic rings. The normalized spacial score (nSPS) is 15.6. The molecule has 1 aromatic carbocycles.